The maximum atomic E-state index is 13.1. The van der Waals surface area contributed by atoms with Crippen molar-refractivity contribution < 1.29 is 18.8 Å². The highest BCUT2D eigenvalue weighted by atomic mass is 35.5. The predicted molar refractivity (Wildman–Crippen MR) is 73.8 cm³/mol. The van der Waals surface area contributed by atoms with Gasteiger partial charge < -0.3 is 0 Å². The highest BCUT2D eigenvalue weighted by Gasteiger charge is 2.41. The molecule has 1 atom stereocenters. The van der Waals surface area contributed by atoms with Crippen molar-refractivity contribution >= 4 is 29.4 Å². The molecule has 2 rings (SSSR count). The minimum Gasteiger partial charge on any atom is -0.277 e. The van der Waals surface area contributed by atoms with Crippen LogP contribution in [0.2, 0.25) is 5.02 Å². The summed E-state index contributed by atoms with van der Waals surface area (Å²) in [6, 6.07) is 3.16. The normalized spacial score (nSPS) is 19.2. The number of carbonyl (C=O) groups excluding carboxylic acids is 3. The molecule has 1 aromatic rings. The first-order valence-corrected chi connectivity index (χ1v) is 6.79. The molecule has 0 aromatic heterocycles. The second-order valence-corrected chi connectivity index (χ2v) is 5.60. The van der Waals surface area contributed by atoms with Crippen LogP contribution >= 0.6 is 11.6 Å². The van der Waals surface area contributed by atoms with Crippen LogP contribution in [0.1, 0.15) is 19.4 Å². The number of rotatable bonds is 3. The van der Waals surface area contributed by atoms with Gasteiger partial charge in [0.25, 0.3) is 0 Å². The largest absolute Gasteiger partial charge is 0.331 e. The summed E-state index contributed by atoms with van der Waals surface area (Å²) >= 11 is 5.67. The fourth-order valence-electron chi connectivity index (χ4n) is 2.19. The fourth-order valence-corrected chi connectivity index (χ4v) is 2.39. The SMILES string of the molecule is CC(C)C1C(=O)NC(=O)N(Cc2ccc(F)c(Cl)c2)C1=O. The average molecular weight is 313 g/mol. The van der Waals surface area contributed by atoms with E-state index in [0.29, 0.717) is 5.56 Å². The molecule has 21 heavy (non-hydrogen) atoms. The van der Waals surface area contributed by atoms with E-state index >= 15 is 0 Å². The zero-order valence-electron chi connectivity index (χ0n) is 11.5. The number of nitrogens with zero attached hydrogens (tertiary/aromatic N) is 1. The molecule has 1 fully saturated rings. The number of carbonyl (C=O) groups is 3. The number of urea groups is 1. The summed E-state index contributed by atoms with van der Waals surface area (Å²) in [4.78, 5) is 36.7. The van der Waals surface area contributed by atoms with Crippen LogP contribution in [0.4, 0.5) is 9.18 Å². The van der Waals surface area contributed by atoms with Crippen molar-refractivity contribution in [2.24, 2.45) is 11.8 Å². The number of benzene rings is 1. The smallest absolute Gasteiger partial charge is 0.277 e. The molecule has 0 radical (unpaired) electrons. The van der Waals surface area contributed by atoms with Crippen molar-refractivity contribution in [2.75, 3.05) is 0 Å². The molecule has 1 aromatic carbocycles. The summed E-state index contributed by atoms with van der Waals surface area (Å²) in [5.41, 5.74) is 0.502. The molecular weight excluding hydrogens is 299 g/mol. The van der Waals surface area contributed by atoms with Crippen LogP contribution in [0.3, 0.4) is 0 Å². The Morgan fingerprint density at radius 1 is 1.33 bits per heavy atom. The van der Waals surface area contributed by atoms with E-state index in [0.717, 1.165) is 11.0 Å². The third-order valence-electron chi connectivity index (χ3n) is 3.28. The lowest BCUT2D eigenvalue weighted by atomic mass is 9.92. The lowest BCUT2D eigenvalue weighted by Gasteiger charge is -2.31. The van der Waals surface area contributed by atoms with Crippen molar-refractivity contribution in [3.05, 3.63) is 34.6 Å². The number of halogens is 2. The maximum Gasteiger partial charge on any atom is 0.331 e. The molecule has 0 saturated carbocycles. The van der Waals surface area contributed by atoms with Crippen LogP contribution in [-0.4, -0.2) is 22.7 Å². The third kappa shape index (κ3) is 3.05. The van der Waals surface area contributed by atoms with Crippen LogP contribution < -0.4 is 5.32 Å². The Kier molecular flexibility index (Phi) is 4.27. The Labute approximate surface area is 126 Å². The standard InChI is InChI=1S/C14H14ClFN2O3/c1-7(2)11-12(19)17-14(21)18(13(11)20)6-8-3-4-10(16)9(15)5-8/h3-5,7,11H,6H2,1-2H3,(H,17,19,21). The van der Waals surface area contributed by atoms with Gasteiger partial charge in [-0.05, 0) is 23.6 Å². The van der Waals surface area contributed by atoms with Gasteiger partial charge in [-0.2, -0.15) is 0 Å². The van der Waals surface area contributed by atoms with Crippen molar-refractivity contribution in [3.8, 4) is 0 Å². The second-order valence-electron chi connectivity index (χ2n) is 5.19. The molecule has 7 heteroatoms. The van der Waals surface area contributed by atoms with Gasteiger partial charge in [0.15, 0.2) is 0 Å². The Morgan fingerprint density at radius 3 is 2.57 bits per heavy atom. The summed E-state index contributed by atoms with van der Waals surface area (Å²) in [6.45, 7) is 3.39. The van der Waals surface area contributed by atoms with Crippen LogP contribution in [0.15, 0.2) is 18.2 Å². The van der Waals surface area contributed by atoms with Gasteiger partial charge in [0.2, 0.25) is 11.8 Å². The minimum atomic E-state index is -0.904. The lowest BCUT2D eigenvalue weighted by molar-refractivity contribution is -0.144. The number of imide groups is 2. The van der Waals surface area contributed by atoms with E-state index in [-0.39, 0.29) is 17.5 Å². The molecule has 4 amide bonds. The van der Waals surface area contributed by atoms with E-state index in [1.807, 2.05) is 0 Å². The van der Waals surface area contributed by atoms with Gasteiger partial charge in [-0.3, -0.25) is 19.8 Å². The van der Waals surface area contributed by atoms with Gasteiger partial charge >= 0.3 is 6.03 Å². The summed E-state index contributed by atoms with van der Waals surface area (Å²) < 4.78 is 13.1. The lowest BCUT2D eigenvalue weighted by Crippen LogP contribution is -2.58. The molecule has 1 heterocycles. The maximum absolute atomic E-state index is 13.1. The summed E-state index contributed by atoms with van der Waals surface area (Å²) in [7, 11) is 0. The Hall–Kier alpha value is -1.95. The van der Waals surface area contributed by atoms with Gasteiger partial charge in [0.05, 0.1) is 11.6 Å². The second kappa shape index (κ2) is 5.81. The fraction of sp³-hybridized carbons (Fsp3) is 0.357. The molecule has 112 valence electrons. The van der Waals surface area contributed by atoms with E-state index in [1.165, 1.54) is 12.1 Å². The van der Waals surface area contributed by atoms with Crippen LogP contribution in [0.25, 0.3) is 0 Å². The molecule has 1 N–H and O–H groups in total. The van der Waals surface area contributed by atoms with Crippen LogP contribution in [0.5, 0.6) is 0 Å². The topological polar surface area (TPSA) is 66.5 Å². The van der Waals surface area contributed by atoms with Crippen LogP contribution in [0, 0.1) is 17.7 Å². The quantitative estimate of drug-likeness (QED) is 0.871. The molecule has 1 unspecified atom stereocenters. The monoisotopic (exact) mass is 312 g/mol. The van der Waals surface area contributed by atoms with Crippen molar-refractivity contribution in [3.63, 3.8) is 0 Å². The highest BCUT2D eigenvalue weighted by Crippen LogP contribution is 2.22. The Bertz CT molecular complexity index is 618. The zero-order valence-corrected chi connectivity index (χ0v) is 12.3. The molecule has 1 saturated heterocycles. The molecule has 1 aliphatic heterocycles. The van der Waals surface area contributed by atoms with Crippen molar-refractivity contribution in [1.29, 1.82) is 0 Å². The number of nitrogens with one attached hydrogen (secondary N) is 1. The Balaban J connectivity index is 2.25. The van der Waals surface area contributed by atoms with Crippen molar-refractivity contribution in [2.45, 2.75) is 20.4 Å². The van der Waals surface area contributed by atoms with E-state index in [9.17, 15) is 18.8 Å². The van der Waals surface area contributed by atoms with E-state index < -0.39 is 29.6 Å². The average Bonchev–Trinajstić information content (AvgIpc) is 2.38. The molecule has 0 bridgehead atoms. The van der Waals surface area contributed by atoms with E-state index in [4.69, 9.17) is 11.6 Å². The van der Waals surface area contributed by atoms with Gasteiger partial charge in [-0.25, -0.2) is 9.18 Å². The molecule has 0 aliphatic carbocycles. The molecule has 0 spiro atoms. The number of hydrogen-bond donors (Lipinski definition) is 1. The summed E-state index contributed by atoms with van der Waals surface area (Å²) in [6.07, 6.45) is 0. The first kappa shape index (κ1) is 15.4. The zero-order chi connectivity index (χ0) is 15.7. The van der Waals surface area contributed by atoms with Gasteiger partial charge in [-0.1, -0.05) is 31.5 Å². The molecular formula is C14H14ClFN2O3. The Morgan fingerprint density at radius 2 is 2.00 bits per heavy atom. The number of barbiturate groups is 1. The first-order chi connectivity index (χ1) is 9.81. The first-order valence-electron chi connectivity index (χ1n) is 6.41. The van der Waals surface area contributed by atoms with Crippen LogP contribution in [-0.2, 0) is 16.1 Å². The number of amides is 4. The van der Waals surface area contributed by atoms with E-state index in [2.05, 4.69) is 5.32 Å². The van der Waals surface area contributed by atoms with Gasteiger partial charge in [0.1, 0.15) is 11.7 Å². The molecule has 1 aliphatic rings. The van der Waals surface area contributed by atoms with Gasteiger partial charge in [0, 0.05) is 0 Å². The summed E-state index contributed by atoms with van der Waals surface area (Å²) in [5, 5.41) is 2.07. The summed E-state index contributed by atoms with van der Waals surface area (Å²) in [5.74, 6) is -2.86. The van der Waals surface area contributed by atoms with E-state index in [1.54, 1.807) is 13.8 Å². The highest BCUT2D eigenvalue weighted by molar-refractivity contribution is 6.30. The van der Waals surface area contributed by atoms with Crippen molar-refractivity contribution in [1.82, 2.24) is 10.2 Å². The third-order valence-corrected chi connectivity index (χ3v) is 3.57. The predicted octanol–water partition coefficient (Wildman–Crippen LogP) is 2.33. The van der Waals surface area contributed by atoms with Gasteiger partial charge in [-0.15, -0.1) is 0 Å². The minimum absolute atomic E-state index is 0.0683. The number of hydrogen-bond acceptors (Lipinski definition) is 3. The molecule has 5 nitrogen and oxygen atoms in total.